The third-order valence-corrected chi connectivity index (χ3v) is 3.28. The molecule has 1 aromatic carbocycles. The first-order valence-electron chi connectivity index (χ1n) is 6.87. The Kier molecular flexibility index (Phi) is 4.93. The molecule has 0 saturated carbocycles. The van der Waals surface area contributed by atoms with Gasteiger partial charge in [0.2, 0.25) is 5.88 Å². The van der Waals surface area contributed by atoms with Gasteiger partial charge in [-0.2, -0.15) is 4.98 Å². The normalized spacial score (nSPS) is 11.9. The lowest BCUT2D eigenvalue weighted by Crippen LogP contribution is -2.08. The second-order valence-corrected chi connectivity index (χ2v) is 4.87. The van der Waals surface area contributed by atoms with E-state index in [-0.39, 0.29) is 0 Å². The molecule has 106 valence electrons. The van der Waals surface area contributed by atoms with E-state index in [2.05, 4.69) is 46.5 Å². The van der Waals surface area contributed by atoms with Crippen molar-refractivity contribution in [3.05, 3.63) is 47.8 Å². The summed E-state index contributed by atoms with van der Waals surface area (Å²) in [4.78, 5) is 8.52. The molecule has 4 heteroatoms. The molecule has 1 unspecified atom stereocenters. The van der Waals surface area contributed by atoms with E-state index in [1.54, 1.807) is 7.11 Å². The smallest absolute Gasteiger partial charge is 0.218 e. The van der Waals surface area contributed by atoms with Gasteiger partial charge in [-0.05, 0) is 24.8 Å². The fraction of sp³-hybridized carbons (Fsp3) is 0.375. The minimum Gasteiger partial charge on any atom is -0.481 e. The molecule has 20 heavy (non-hydrogen) atoms. The van der Waals surface area contributed by atoms with Gasteiger partial charge in [-0.25, -0.2) is 4.98 Å². The van der Waals surface area contributed by atoms with Crippen LogP contribution >= 0.6 is 0 Å². The van der Waals surface area contributed by atoms with Gasteiger partial charge in [0.25, 0.3) is 0 Å². The van der Waals surface area contributed by atoms with Gasteiger partial charge in [0.1, 0.15) is 11.6 Å². The number of hydrogen-bond acceptors (Lipinski definition) is 4. The van der Waals surface area contributed by atoms with Gasteiger partial charge in [0.05, 0.1) is 7.11 Å². The van der Waals surface area contributed by atoms with Crippen LogP contribution in [0.2, 0.25) is 0 Å². The van der Waals surface area contributed by atoms with Crippen LogP contribution in [0.1, 0.15) is 30.7 Å². The minimum absolute atomic E-state index is 0.522. The zero-order valence-corrected chi connectivity index (χ0v) is 12.3. The predicted molar refractivity (Wildman–Crippen MR) is 81.3 cm³/mol. The lowest BCUT2D eigenvalue weighted by molar-refractivity contribution is 0.396. The first-order chi connectivity index (χ1) is 9.69. The van der Waals surface area contributed by atoms with Crippen LogP contribution < -0.4 is 10.1 Å². The van der Waals surface area contributed by atoms with E-state index in [0.29, 0.717) is 17.6 Å². The topological polar surface area (TPSA) is 47.0 Å². The number of nitrogens with one attached hydrogen (secondary N) is 1. The Balaban J connectivity index is 1.88. The van der Waals surface area contributed by atoms with E-state index in [1.807, 2.05) is 19.1 Å². The van der Waals surface area contributed by atoms with Gasteiger partial charge < -0.3 is 10.1 Å². The molecule has 0 aliphatic carbocycles. The molecule has 0 amide bonds. The number of anilines is 1. The third kappa shape index (κ3) is 3.95. The lowest BCUT2D eigenvalue weighted by atomic mass is 9.98. The van der Waals surface area contributed by atoms with Crippen molar-refractivity contribution in [1.82, 2.24) is 9.97 Å². The number of benzene rings is 1. The van der Waals surface area contributed by atoms with E-state index in [0.717, 1.165) is 18.8 Å². The van der Waals surface area contributed by atoms with E-state index in [4.69, 9.17) is 4.74 Å². The highest BCUT2D eigenvalue weighted by atomic mass is 16.5. The Bertz CT molecular complexity index is 543. The second kappa shape index (κ2) is 6.89. The molecule has 2 aromatic rings. The first-order valence-corrected chi connectivity index (χ1v) is 6.87. The summed E-state index contributed by atoms with van der Waals surface area (Å²) in [5, 5.41) is 3.33. The summed E-state index contributed by atoms with van der Waals surface area (Å²) in [5.41, 5.74) is 1.37. The summed E-state index contributed by atoms with van der Waals surface area (Å²) >= 11 is 0. The Hall–Kier alpha value is -2.10. The van der Waals surface area contributed by atoms with Crippen LogP contribution in [0.25, 0.3) is 0 Å². The van der Waals surface area contributed by atoms with Crippen LogP contribution in [0.3, 0.4) is 0 Å². The fourth-order valence-electron chi connectivity index (χ4n) is 2.10. The quantitative estimate of drug-likeness (QED) is 0.874. The molecule has 4 nitrogen and oxygen atoms in total. The van der Waals surface area contributed by atoms with Crippen molar-refractivity contribution in [1.29, 1.82) is 0 Å². The Morgan fingerprint density at radius 2 is 1.95 bits per heavy atom. The Morgan fingerprint density at radius 1 is 1.20 bits per heavy atom. The van der Waals surface area contributed by atoms with Crippen molar-refractivity contribution < 1.29 is 4.74 Å². The third-order valence-electron chi connectivity index (χ3n) is 3.28. The summed E-state index contributed by atoms with van der Waals surface area (Å²) in [6, 6.07) is 12.4. The van der Waals surface area contributed by atoms with Crippen molar-refractivity contribution in [2.24, 2.45) is 0 Å². The van der Waals surface area contributed by atoms with E-state index in [9.17, 15) is 0 Å². The van der Waals surface area contributed by atoms with E-state index >= 15 is 0 Å². The molecule has 1 aromatic heterocycles. The Labute approximate surface area is 120 Å². The van der Waals surface area contributed by atoms with Crippen LogP contribution in [0.4, 0.5) is 5.82 Å². The Morgan fingerprint density at radius 3 is 2.65 bits per heavy atom. The van der Waals surface area contributed by atoms with E-state index < -0.39 is 0 Å². The van der Waals surface area contributed by atoms with Crippen molar-refractivity contribution in [2.75, 3.05) is 19.0 Å². The molecule has 1 N–H and O–H groups in total. The van der Waals surface area contributed by atoms with Crippen LogP contribution in [-0.4, -0.2) is 23.6 Å². The molecule has 0 saturated heterocycles. The van der Waals surface area contributed by atoms with Crippen LogP contribution in [0.5, 0.6) is 5.88 Å². The highest BCUT2D eigenvalue weighted by Gasteiger charge is 2.05. The van der Waals surface area contributed by atoms with Gasteiger partial charge in [0.15, 0.2) is 0 Å². The van der Waals surface area contributed by atoms with Crippen molar-refractivity contribution in [3.8, 4) is 5.88 Å². The molecule has 0 spiro atoms. The molecule has 0 radical (unpaired) electrons. The highest BCUT2D eigenvalue weighted by molar-refractivity contribution is 5.38. The predicted octanol–water partition coefficient (Wildman–Crippen LogP) is 3.40. The van der Waals surface area contributed by atoms with Crippen LogP contribution in [0.15, 0.2) is 36.4 Å². The summed E-state index contributed by atoms with van der Waals surface area (Å²) in [6.45, 7) is 4.97. The summed E-state index contributed by atoms with van der Waals surface area (Å²) in [6.07, 6.45) is 1.05. The van der Waals surface area contributed by atoms with Crippen molar-refractivity contribution in [2.45, 2.75) is 26.2 Å². The van der Waals surface area contributed by atoms with Crippen molar-refractivity contribution in [3.63, 3.8) is 0 Å². The summed E-state index contributed by atoms with van der Waals surface area (Å²) in [5.74, 6) is 2.64. The number of rotatable bonds is 6. The molecule has 0 fully saturated rings. The molecule has 0 aliphatic rings. The largest absolute Gasteiger partial charge is 0.481 e. The molecule has 1 atom stereocenters. The molecular weight excluding hydrogens is 250 g/mol. The standard InChI is InChI=1S/C16H21N3O/c1-12(14-7-5-4-6-8-14)9-10-17-15-11-16(20-3)19-13(2)18-15/h4-8,11-12H,9-10H2,1-3H3,(H,17,18,19). The van der Waals surface area contributed by atoms with E-state index in [1.165, 1.54) is 5.56 Å². The fourth-order valence-corrected chi connectivity index (χ4v) is 2.10. The summed E-state index contributed by atoms with van der Waals surface area (Å²) < 4.78 is 5.14. The number of aromatic nitrogens is 2. The maximum atomic E-state index is 5.14. The monoisotopic (exact) mass is 271 g/mol. The van der Waals surface area contributed by atoms with Crippen LogP contribution in [0, 0.1) is 6.92 Å². The summed E-state index contributed by atoms with van der Waals surface area (Å²) in [7, 11) is 1.61. The van der Waals surface area contributed by atoms with Gasteiger partial charge >= 0.3 is 0 Å². The number of methoxy groups -OCH3 is 1. The zero-order valence-electron chi connectivity index (χ0n) is 12.3. The number of nitrogens with zero attached hydrogens (tertiary/aromatic N) is 2. The molecule has 0 aliphatic heterocycles. The molecular formula is C16H21N3O. The average Bonchev–Trinajstić information content (AvgIpc) is 2.47. The SMILES string of the molecule is COc1cc(NCCC(C)c2ccccc2)nc(C)n1. The number of aryl methyl sites for hydroxylation is 1. The van der Waals surface area contributed by atoms with Gasteiger partial charge in [-0.3, -0.25) is 0 Å². The molecule has 2 rings (SSSR count). The number of hydrogen-bond donors (Lipinski definition) is 1. The second-order valence-electron chi connectivity index (χ2n) is 4.87. The maximum absolute atomic E-state index is 5.14. The zero-order chi connectivity index (χ0) is 14.4. The van der Waals surface area contributed by atoms with Crippen molar-refractivity contribution >= 4 is 5.82 Å². The average molecular weight is 271 g/mol. The number of ether oxygens (including phenoxy) is 1. The molecule has 0 bridgehead atoms. The maximum Gasteiger partial charge on any atom is 0.218 e. The lowest BCUT2D eigenvalue weighted by Gasteiger charge is -2.13. The highest BCUT2D eigenvalue weighted by Crippen LogP contribution is 2.19. The van der Waals surface area contributed by atoms with Crippen LogP contribution in [-0.2, 0) is 0 Å². The first kappa shape index (κ1) is 14.3. The van der Waals surface area contributed by atoms with Gasteiger partial charge in [-0.15, -0.1) is 0 Å². The van der Waals surface area contributed by atoms with Gasteiger partial charge in [-0.1, -0.05) is 37.3 Å². The molecule has 1 heterocycles. The van der Waals surface area contributed by atoms with Gasteiger partial charge in [0, 0.05) is 12.6 Å². The minimum atomic E-state index is 0.522.